The van der Waals surface area contributed by atoms with Gasteiger partial charge in [-0.15, -0.1) is 0 Å². The number of hydrogen-bond acceptors (Lipinski definition) is 3. The van der Waals surface area contributed by atoms with E-state index >= 15 is 0 Å². The topological polar surface area (TPSA) is 59.7 Å². The van der Waals surface area contributed by atoms with Gasteiger partial charge in [-0.25, -0.2) is 4.79 Å². The number of carboxylic acids is 1. The number of halogens is 3. The molecule has 0 aliphatic rings. The van der Waals surface area contributed by atoms with Crippen LogP contribution in [0.5, 0.6) is 5.75 Å². The van der Waals surface area contributed by atoms with Gasteiger partial charge in [0.15, 0.2) is 0 Å². The summed E-state index contributed by atoms with van der Waals surface area (Å²) in [5.41, 5.74) is 0.743. The lowest BCUT2D eigenvalue weighted by atomic mass is 10.2. The minimum atomic E-state index is -1.07. The van der Waals surface area contributed by atoms with E-state index in [0.717, 1.165) is 22.0 Å². The molecule has 0 fully saturated rings. The van der Waals surface area contributed by atoms with Crippen molar-refractivity contribution in [2.75, 3.05) is 0 Å². The first-order valence-corrected chi connectivity index (χ1v) is 8.72. The van der Waals surface area contributed by atoms with Crippen LogP contribution in [0.2, 0.25) is 0 Å². The molecule has 106 valence electrons. The zero-order chi connectivity index (χ0) is 14.9. The van der Waals surface area contributed by atoms with Gasteiger partial charge in [0.2, 0.25) is 5.76 Å². The lowest BCUT2D eigenvalue weighted by Crippen LogP contribution is -2.00. The fraction of sp³-hybridized carbons (Fsp3) is 0.154. The monoisotopic (exact) mass is 610 g/mol. The highest BCUT2D eigenvalue weighted by Crippen LogP contribution is 2.30. The largest absolute Gasteiger partial charge is 0.487 e. The third-order valence-electron chi connectivity index (χ3n) is 2.57. The third kappa shape index (κ3) is 3.78. The molecule has 1 aromatic carbocycles. The molecule has 0 bridgehead atoms. The number of aromatic carboxylic acids is 1. The van der Waals surface area contributed by atoms with E-state index in [1.165, 1.54) is 6.07 Å². The van der Waals surface area contributed by atoms with E-state index in [-0.39, 0.29) is 12.4 Å². The predicted molar refractivity (Wildman–Crippen MR) is 99.3 cm³/mol. The lowest BCUT2D eigenvalue weighted by molar-refractivity contribution is 0.0661. The van der Waals surface area contributed by atoms with Crippen LogP contribution in [0.15, 0.2) is 22.6 Å². The van der Waals surface area contributed by atoms with Crippen LogP contribution in [-0.4, -0.2) is 11.1 Å². The second-order valence-electron chi connectivity index (χ2n) is 3.98. The van der Waals surface area contributed by atoms with Crippen molar-refractivity contribution in [2.24, 2.45) is 0 Å². The summed E-state index contributed by atoms with van der Waals surface area (Å²) in [6.45, 7) is 2.02. The number of carboxylic acid groups (broad SMARTS) is 1. The van der Waals surface area contributed by atoms with Gasteiger partial charge in [-0.1, -0.05) is 0 Å². The first-order chi connectivity index (χ1) is 9.38. The number of carbonyl (C=O) groups is 1. The van der Waals surface area contributed by atoms with Crippen LogP contribution in [0, 0.1) is 17.6 Å². The van der Waals surface area contributed by atoms with Gasteiger partial charge in [0.1, 0.15) is 18.1 Å². The second-order valence-corrected chi connectivity index (χ2v) is 7.55. The predicted octanol–water partition coefficient (Wildman–Crippen LogP) is 4.68. The lowest BCUT2D eigenvalue weighted by Gasteiger charge is -2.10. The maximum absolute atomic E-state index is 10.8. The number of furan rings is 1. The van der Waals surface area contributed by atoms with E-state index in [9.17, 15) is 4.79 Å². The highest BCUT2D eigenvalue weighted by Gasteiger charge is 2.15. The normalized spacial score (nSPS) is 10.6. The first-order valence-electron chi connectivity index (χ1n) is 5.48. The number of rotatable bonds is 4. The zero-order valence-electron chi connectivity index (χ0n) is 10.2. The summed E-state index contributed by atoms with van der Waals surface area (Å²) in [5.74, 6) is 0.243. The van der Waals surface area contributed by atoms with E-state index in [1.807, 2.05) is 12.1 Å². The SMILES string of the molecule is Cc1oc(C(=O)O)cc1COc1c(I)cc(I)cc1I. The molecule has 0 aliphatic heterocycles. The Kier molecular flexibility index (Phi) is 5.56. The van der Waals surface area contributed by atoms with Gasteiger partial charge in [-0.2, -0.15) is 0 Å². The molecular formula is C13H9I3O4. The summed E-state index contributed by atoms with van der Waals surface area (Å²) in [6, 6.07) is 5.57. The average molecular weight is 610 g/mol. The molecule has 0 spiro atoms. The maximum Gasteiger partial charge on any atom is 0.371 e. The van der Waals surface area contributed by atoms with E-state index in [0.29, 0.717) is 5.76 Å². The van der Waals surface area contributed by atoms with Crippen molar-refractivity contribution in [3.05, 3.63) is 46.0 Å². The van der Waals surface area contributed by atoms with Crippen molar-refractivity contribution in [3.63, 3.8) is 0 Å². The molecule has 7 heteroatoms. The number of benzene rings is 1. The van der Waals surface area contributed by atoms with E-state index in [4.69, 9.17) is 14.3 Å². The molecule has 2 rings (SSSR count). The van der Waals surface area contributed by atoms with Gasteiger partial charge in [0, 0.05) is 9.13 Å². The minimum absolute atomic E-state index is 0.0619. The Labute approximate surface area is 156 Å². The van der Waals surface area contributed by atoms with Crippen molar-refractivity contribution < 1.29 is 19.1 Å². The fourth-order valence-electron chi connectivity index (χ4n) is 1.59. The van der Waals surface area contributed by atoms with Crippen LogP contribution in [0.25, 0.3) is 0 Å². The number of ether oxygens (including phenoxy) is 1. The summed E-state index contributed by atoms with van der Waals surface area (Å²) < 4.78 is 14.2. The standard InChI is InChI=1S/C13H9I3O4/c1-6-7(2-11(20-6)13(17)18)5-19-12-9(15)3-8(14)4-10(12)16/h2-4H,5H2,1H3,(H,17,18). The van der Waals surface area contributed by atoms with Gasteiger partial charge in [-0.05, 0) is 92.9 Å². The van der Waals surface area contributed by atoms with Crippen molar-refractivity contribution in [1.82, 2.24) is 0 Å². The molecule has 0 unspecified atom stereocenters. The Bertz CT molecular complexity index is 641. The number of hydrogen-bond donors (Lipinski definition) is 1. The first kappa shape index (κ1) is 16.3. The minimum Gasteiger partial charge on any atom is -0.487 e. The Morgan fingerprint density at radius 3 is 2.35 bits per heavy atom. The third-order valence-corrected chi connectivity index (χ3v) is 4.79. The van der Waals surface area contributed by atoms with Crippen LogP contribution in [0.3, 0.4) is 0 Å². The van der Waals surface area contributed by atoms with Gasteiger partial charge in [0.05, 0.1) is 7.14 Å². The molecule has 0 atom stereocenters. The van der Waals surface area contributed by atoms with Gasteiger partial charge in [0.25, 0.3) is 0 Å². The molecule has 0 radical (unpaired) electrons. The van der Waals surface area contributed by atoms with Crippen LogP contribution in [-0.2, 0) is 6.61 Å². The van der Waals surface area contributed by atoms with Crippen LogP contribution in [0.4, 0.5) is 0 Å². The molecule has 1 N–H and O–H groups in total. The number of aryl methyl sites for hydroxylation is 1. The van der Waals surface area contributed by atoms with Crippen molar-refractivity contribution >= 4 is 73.7 Å². The van der Waals surface area contributed by atoms with E-state index in [2.05, 4.69) is 67.8 Å². The van der Waals surface area contributed by atoms with Crippen molar-refractivity contribution in [1.29, 1.82) is 0 Å². The molecule has 1 heterocycles. The Hall–Kier alpha value is -0.0400. The molecular weight excluding hydrogens is 601 g/mol. The average Bonchev–Trinajstić information content (AvgIpc) is 2.70. The van der Waals surface area contributed by atoms with Crippen molar-refractivity contribution in [3.8, 4) is 5.75 Å². The molecule has 0 saturated carbocycles. The van der Waals surface area contributed by atoms with Crippen LogP contribution < -0.4 is 4.74 Å². The summed E-state index contributed by atoms with van der Waals surface area (Å²) in [7, 11) is 0. The molecule has 20 heavy (non-hydrogen) atoms. The van der Waals surface area contributed by atoms with Crippen LogP contribution in [0.1, 0.15) is 21.9 Å². The van der Waals surface area contributed by atoms with Crippen molar-refractivity contribution in [2.45, 2.75) is 13.5 Å². The van der Waals surface area contributed by atoms with E-state index in [1.54, 1.807) is 6.92 Å². The summed E-state index contributed by atoms with van der Waals surface area (Å²) in [4.78, 5) is 10.8. The Balaban J connectivity index is 2.19. The van der Waals surface area contributed by atoms with Gasteiger partial charge >= 0.3 is 5.97 Å². The molecule has 4 nitrogen and oxygen atoms in total. The fourth-order valence-corrected chi connectivity index (χ4v) is 5.48. The Morgan fingerprint density at radius 2 is 1.85 bits per heavy atom. The molecule has 2 aromatic rings. The molecule has 0 saturated heterocycles. The highest BCUT2D eigenvalue weighted by molar-refractivity contribution is 14.1. The van der Waals surface area contributed by atoms with E-state index < -0.39 is 5.97 Å². The maximum atomic E-state index is 10.8. The highest BCUT2D eigenvalue weighted by atomic mass is 127. The molecule has 0 aliphatic carbocycles. The smallest absolute Gasteiger partial charge is 0.371 e. The molecule has 0 amide bonds. The summed E-state index contributed by atoms with van der Waals surface area (Å²) >= 11 is 6.71. The van der Waals surface area contributed by atoms with Gasteiger partial charge in [-0.3, -0.25) is 0 Å². The zero-order valence-corrected chi connectivity index (χ0v) is 16.7. The Morgan fingerprint density at radius 1 is 1.25 bits per heavy atom. The van der Waals surface area contributed by atoms with Gasteiger partial charge < -0.3 is 14.3 Å². The van der Waals surface area contributed by atoms with Crippen LogP contribution >= 0.6 is 67.8 Å². The molecule has 1 aromatic heterocycles. The summed E-state index contributed by atoms with van der Waals surface area (Å²) in [6.07, 6.45) is 0. The second kappa shape index (κ2) is 6.81. The summed E-state index contributed by atoms with van der Waals surface area (Å²) in [5, 5.41) is 8.89. The quantitative estimate of drug-likeness (QED) is 0.512.